The molecule has 15 heavy (non-hydrogen) atoms. The van der Waals surface area contributed by atoms with Gasteiger partial charge in [0.1, 0.15) is 0 Å². The number of hydrogen-bond donors (Lipinski definition) is 1. The summed E-state index contributed by atoms with van der Waals surface area (Å²) in [4.78, 5) is 11.6. The Kier molecular flexibility index (Phi) is 5.01. The number of aliphatic hydroxyl groups is 1. The first-order valence-corrected chi connectivity index (χ1v) is 4.99. The number of rotatable bonds is 6. The van der Waals surface area contributed by atoms with Crippen molar-refractivity contribution in [1.82, 2.24) is 0 Å². The van der Waals surface area contributed by atoms with Crippen molar-refractivity contribution < 1.29 is 14.6 Å². The summed E-state index contributed by atoms with van der Waals surface area (Å²) in [5.74, 6) is 0.0609. The van der Waals surface area contributed by atoms with Crippen LogP contribution in [0, 0.1) is 0 Å². The molecule has 0 aliphatic carbocycles. The summed E-state index contributed by atoms with van der Waals surface area (Å²) in [5.41, 5.74) is 0.696. The molecule has 0 aromatic heterocycles. The van der Waals surface area contributed by atoms with Crippen LogP contribution < -0.4 is 0 Å². The van der Waals surface area contributed by atoms with Gasteiger partial charge in [-0.2, -0.15) is 0 Å². The molecule has 0 aliphatic rings. The quantitative estimate of drug-likeness (QED) is 0.723. The summed E-state index contributed by atoms with van der Waals surface area (Å²) >= 11 is 0. The van der Waals surface area contributed by atoms with Crippen molar-refractivity contribution in [2.75, 3.05) is 13.7 Å². The normalized spacial score (nSPS) is 12.4. The molecule has 3 nitrogen and oxygen atoms in total. The van der Waals surface area contributed by atoms with Gasteiger partial charge in [-0.25, -0.2) is 0 Å². The summed E-state index contributed by atoms with van der Waals surface area (Å²) in [5, 5.41) is 9.37. The van der Waals surface area contributed by atoms with E-state index in [9.17, 15) is 9.90 Å². The number of aliphatic hydroxyl groups excluding tert-OH is 1. The number of methoxy groups -OCH3 is 1. The van der Waals surface area contributed by atoms with Gasteiger partial charge >= 0.3 is 0 Å². The molecule has 1 rings (SSSR count). The van der Waals surface area contributed by atoms with Crippen molar-refractivity contribution in [3.05, 3.63) is 35.9 Å². The van der Waals surface area contributed by atoms with Crippen LogP contribution in [0.15, 0.2) is 30.3 Å². The minimum Gasteiger partial charge on any atom is -0.391 e. The summed E-state index contributed by atoms with van der Waals surface area (Å²) in [6.07, 6.45) is 0.249. The Morgan fingerprint density at radius 3 is 2.67 bits per heavy atom. The number of ether oxygens (including phenoxy) is 1. The maximum Gasteiger partial charge on any atom is 0.162 e. The molecule has 1 atom stereocenters. The van der Waals surface area contributed by atoms with E-state index in [4.69, 9.17) is 4.74 Å². The van der Waals surface area contributed by atoms with Gasteiger partial charge in [-0.1, -0.05) is 30.3 Å². The fourth-order valence-corrected chi connectivity index (χ4v) is 1.34. The van der Waals surface area contributed by atoms with Crippen molar-refractivity contribution in [1.29, 1.82) is 0 Å². The molecule has 1 aromatic carbocycles. The highest BCUT2D eigenvalue weighted by Gasteiger charge is 2.09. The van der Waals surface area contributed by atoms with Crippen LogP contribution in [0.2, 0.25) is 0 Å². The highest BCUT2D eigenvalue weighted by molar-refractivity contribution is 5.95. The van der Waals surface area contributed by atoms with Crippen LogP contribution in [-0.2, 0) is 4.74 Å². The van der Waals surface area contributed by atoms with Crippen molar-refractivity contribution in [2.24, 2.45) is 0 Å². The third kappa shape index (κ3) is 4.23. The maximum atomic E-state index is 11.6. The van der Waals surface area contributed by atoms with E-state index in [1.807, 2.05) is 18.2 Å². The second-order valence-corrected chi connectivity index (χ2v) is 3.44. The molecule has 1 N–H and O–H groups in total. The van der Waals surface area contributed by atoms with Crippen LogP contribution in [-0.4, -0.2) is 30.7 Å². The van der Waals surface area contributed by atoms with Gasteiger partial charge in [-0.05, 0) is 6.42 Å². The molecule has 0 radical (unpaired) electrons. The van der Waals surface area contributed by atoms with Gasteiger partial charge in [0.25, 0.3) is 0 Å². The van der Waals surface area contributed by atoms with Gasteiger partial charge in [0.05, 0.1) is 12.7 Å². The zero-order valence-electron chi connectivity index (χ0n) is 8.85. The number of ketones is 1. The summed E-state index contributed by atoms with van der Waals surface area (Å²) in [6, 6.07) is 9.10. The SMILES string of the molecule is COCC(O)CCC(=O)c1ccccc1. The number of hydrogen-bond acceptors (Lipinski definition) is 3. The topological polar surface area (TPSA) is 46.5 Å². The Hall–Kier alpha value is -1.19. The first-order chi connectivity index (χ1) is 7.24. The van der Waals surface area contributed by atoms with Crippen molar-refractivity contribution in [3.8, 4) is 0 Å². The Balaban J connectivity index is 2.37. The molecule has 0 fully saturated rings. The molecular weight excluding hydrogens is 192 g/mol. The smallest absolute Gasteiger partial charge is 0.162 e. The molecule has 82 valence electrons. The molecule has 0 heterocycles. The molecule has 0 spiro atoms. The molecular formula is C12H16O3. The Morgan fingerprint density at radius 1 is 1.40 bits per heavy atom. The van der Waals surface area contributed by atoms with Gasteiger partial charge in [0, 0.05) is 19.1 Å². The summed E-state index contributed by atoms with van der Waals surface area (Å²) in [7, 11) is 1.53. The second kappa shape index (κ2) is 6.32. The largest absolute Gasteiger partial charge is 0.391 e. The number of benzene rings is 1. The maximum absolute atomic E-state index is 11.6. The lowest BCUT2D eigenvalue weighted by Gasteiger charge is -2.08. The Morgan fingerprint density at radius 2 is 2.07 bits per heavy atom. The number of carbonyl (C=O) groups excluding carboxylic acids is 1. The lowest BCUT2D eigenvalue weighted by atomic mass is 10.0. The van der Waals surface area contributed by atoms with E-state index in [1.54, 1.807) is 12.1 Å². The average Bonchev–Trinajstić information content (AvgIpc) is 2.27. The van der Waals surface area contributed by atoms with E-state index in [2.05, 4.69) is 0 Å². The summed E-state index contributed by atoms with van der Waals surface area (Å²) < 4.78 is 4.78. The molecule has 0 saturated carbocycles. The fourth-order valence-electron chi connectivity index (χ4n) is 1.34. The van der Waals surface area contributed by atoms with Crippen LogP contribution in [0.4, 0.5) is 0 Å². The predicted octanol–water partition coefficient (Wildman–Crippen LogP) is 1.66. The number of carbonyl (C=O) groups is 1. The van der Waals surface area contributed by atoms with Crippen LogP contribution in [0.25, 0.3) is 0 Å². The lowest BCUT2D eigenvalue weighted by molar-refractivity contribution is 0.0560. The second-order valence-electron chi connectivity index (χ2n) is 3.44. The highest BCUT2D eigenvalue weighted by atomic mass is 16.5. The zero-order valence-corrected chi connectivity index (χ0v) is 8.85. The minimum atomic E-state index is -0.553. The Bertz CT molecular complexity index is 295. The van der Waals surface area contributed by atoms with E-state index < -0.39 is 6.10 Å². The third-order valence-corrected chi connectivity index (χ3v) is 2.16. The molecule has 3 heteroatoms. The third-order valence-electron chi connectivity index (χ3n) is 2.16. The van der Waals surface area contributed by atoms with E-state index >= 15 is 0 Å². The average molecular weight is 208 g/mol. The van der Waals surface area contributed by atoms with Gasteiger partial charge in [-0.15, -0.1) is 0 Å². The zero-order chi connectivity index (χ0) is 11.1. The van der Waals surface area contributed by atoms with E-state index in [0.717, 1.165) is 0 Å². The first-order valence-electron chi connectivity index (χ1n) is 4.99. The van der Waals surface area contributed by atoms with E-state index in [-0.39, 0.29) is 12.4 Å². The van der Waals surface area contributed by atoms with Crippen molar-refractivity contribution in [2.45, 2.75) is 18.9 Å². The van der Waals surface area contributed by atoms with Gasteiger partial charge in [-0.3, -0.25) is 4.79 Å². The lowest BCUT2D eigenvalue weighted by Crippen LogP contribution is -2.15. The fraction of sp³-hybridized carbons (Fsp3) is 0.417. The van der Waals surface area contributed by atoms with E-state index in [1.165, 1.54) is 7.11 Å². The molecule has 0 saturated heterocycles. The van der Waals surface area contributed by atoms with Crippen LogP contribution in [0.5, 0.6) is 0 Å². The van der Waals surface area contributed by atoms with Gasteiger partial charge < -0.3 is 9.84 Å². The molecule has 0 amide bonds. The monoisotopic (exact) mass is 208 g/mol. The number of Topliss-reactive ketones (excluding diaryl/α,β-unsaturated/α-hetero) is 1. The van der Waals surface area contributed by atoms with Crippen LogP contribution >= 0.6 is 0 Å². The van der Waals surface area contributed by atoms with Crippen molar-refractivity contribution >= 4 is 5.78 Å². The van der Waals surface area contributed by atoms with E-state index in [0.29, 0.717) is 18.4 Å². The predicted molar refractivity (Wildman–Crippen MR) is 57.9 cm³/mol. The molecule has 0 bridgehead atoms. The van der Waals surface area contributed by atoms with Crippen molar-refractivity contribution in [3.63, 3.8) is 0 Å². The molecule has 1 aromatic rings. The molecule has 1 unspecified atom stereocenters. The standard InChI is InChI=1S/C12H16O3/c1-15-9-11(13)7-8-12(14)10-5-3-2-4-6-10/h2-6,11,13H,7-9H2,1H3. The highest BCUT2D eigenvalue weighted by Crippen LogP contribution is 2.06. The Labute approximate surface area is 89.7 Å². The van der Waals surface area contributed by atoms with Gasteiger partial charge in [0.15, 0.2) is 5.78 Å². The molecule has 0 aliphatic heterocycles. The minimum absolute atomic E-state index is 0.0609. The summed E-state index contributed by atoms with van der Waals surface area (Å²) in [6.45, 7) is 0.280. The first kappa shape index (κ1) is 11.9. The van der Waals surface area contributed by atoms with Gasteiger partial charge in [0.2, 0.25) is 0 Å². The van der Waals surface area contributed by atoms with Crippen LogP contribution in [0.3, 0.4) is 0 Å². The van der Waals surface area contributed by atoms with Crippen LogP contribution in [0.1, 0.15) is 23.2 Å².